The third kappa shape index (κ3) is 3.67. The van der Waals surface area contributed by atoms with Crippen LogP contribution in [0.25, 0.3) is 0 Å². The second kappa shape index (κ2) is 6.66. The van der Waals surface area contributed by atoms with E-state index in [1.54, 1.807) is 12.1 Å². The van der Waals surface area contributed by atoms with Gasteiger partial charge in [0.05, 0.1) is 5.69 Å². The van der Waals surface area contributed by atoms with E-state index in [-0.39, 0.29) is 11.9 Å². The molecule has 0 amide bonds. The summed E-state index contributed by atoms with van der Waals surface area (Å²) < 4.78 is 15.3. The highest BCUT2D eigenvalue weighted by molar-refractivity contribution is 5.18. The van der Waals surface area contributed by atoms with Gasteiger partial charge in [-0.25, -0.2) is 4.39 Å². The van der Waals surface area contributed by atoms with Gasteiger partial charge in [-0.1, -0.05) is 12.1 Å². The summed E-state index contributed by atoms with van der Waals surface area (Å²) in [5, 5.41) is 7.78. The summed E-state index contributed by atoms with van der Waals surface area (Å²) in [4.78, 5) is 0. The summed E-state index contributed by atoms with van der Waals surface area (Å²) >= 11 is 0. The summed E-state index contributed by atoms with van der Waals surface area (Å²) in [7, 11) is 1.95. The van der Waals surface area contributed by atoms with Gasteiger partial charge in [0.1, 0.15) is 5.82 Å². The number of halogens is 1. The molecule has 0 aliphatic rings. The number of rotatable bonds is 6. The maximum absolute atomic E-state index is 13.2. The number of benzene rings is 1. The average Bonchev–Trinajstić information content (AvgIpc) is 2.78. The van der Waals surface area contributed by atoms with Gasteiger partial charge in [-0.3, -0.25) is 4.68 Å². The van der Waals surface area contributed by atoms with Crippen molar-refractivity contribution >= 4 is 0 Å². The Morgan fingerprint density at radius 2 is 2.10 bits per heavy atom. The molecule has 0 saturated heterocycles. The van der Waals surface area contributed by atoms with E-state index < -0.39 is 0 Å². The van der Waals surface area contributed by atoms with Crippen molar-refractivity contribution < 1.29 is 4.39 Å². The van der Waals surface area contributed by atoms with Gasteiger partial charge >= 0.3 is 0 Å². The van der Waals surface area contributed by atoms with Crippen LogP contribution >= 0.6 is 0 Å². The normalized spacial score (nSPS) is 12.6. The van der Waals surface area contributed by atoms with Gasteiger partial charge in [-0.05, 0) is 51.1 Å². The van der Waals surface area contributed by atoms with Crippen LogP contribution in [0.1, 0.15) is 23.9 Å². The molecule has 1 N–H and O–H groups in total. The number of aryl methyl sites for hydroxylation is 2. The minimum atomic E-state index is -0.174. The zero-order valence-electron chi connectivity index (χ0n) is 12.4. The minimum Gasteiger partial charge on any atom is -0.316 e. The molecule has 3 nitrogen and oxygen atoms in total. The molecule has 0 aliphatic carbocycles. The number of nitrogens with one attached hydrogen (secondary N) is 1. The Balaban J connectivity index is 2.08. The van der Waals surface area contributed by atoms with Crippen molar-refractivity contribution in [1.29, 1.82) is 0 Å². The van der Waals surface area contributed by atoms with Gasteiger partial charge < -0.3 is 5.32 Å². The van der Waals surface area contributed by atoms with Crippen LogP contribution in [-0.2, 0) is 19.4 Å². The van der Waals surface area contributed by atoms with Crippen molar-refractivity contribution in [3.63, 3.8) is 0 Å². The lowest BCUT2D eigenvalue weighted by Crippen LogP contribution is -2.30. The van der Waals surface area contributed by atoms with Crippen LogP contribution in [0.3, 0.4) is 0 Å². The molecule has 0 spiro atoms. The molecule has 4 heteroatoms. The van der Waals surface area contributed by atoms with Gasteiger partial charge in [0.15, 0.2) is 0 Å². The predicted octanol–water partition coefficient (Wildman–Crippen LogP) is 2.72. The molecular weight excluding hydrogens is 253 g/mol. The number of nitrogens with zero attached hydrogens (tertiary/aromatic N) is 2. The third-order valence-corrected chi connectivity index (χ3v) is 3.52. The Labute approximate surface area is 119 Å². The maximum atomic E-state index is 13.2. The van der Waals surface area contributed by atoms with E-state index in [2.05, 4.69) is 23.4 Å². The van der Waals surface area contributed by atoms with Crippen molar-refractivity contribution in [2.45, 2.75) is 39.3 Å². The summed E-state index contributed by atoms with van der Waals surface area (Å²) in [5.41, 5.74) is 3.28. The summed E-state index contributed by atoms with van der Waals surface area (Å²) in [5.74, 6) is -0.174. The molecule has 1 aromatic carbocycles. The molecule has 2 aromatic rings. The fourth-order valence-electron chi connectivity index (χ4n) is 2.51. The molecule has 108 valence electrons. The molecule has 0 bridgehead atoms. The van der Waals surface area contributed by atoms with Gasteiger partial charge in [0.25, 0.3) is 0 Å². The Morgan fingerprint density at radius 3 is 2.75 bits per heavy atom. The molecule has 1 atom stereocenters. The Kier molecular flexibility index (Phi) is 4.90. The lowest BCUT2D eigenvalue weighted by atomic mass is 10.0. The van der Waals surface area contributed by atoms with E-state index in [4.69, 9.17) is 0 Å². The lowest BCUT2D eigenvalue weighted by molar-refractivity contribution is 0.518. The zero-order chi connectivity index (χ0) is 14.5. The highest BCUT2D eigenvalue weighted by atomic mass is 19.1. The fraction of sp³-hybridized carbons (Fsp3) is 0.438. The molecule has 1 unspecified atom stereocenters. The number of hydrogen-bond donors (Lipinski definition) is 1. The van der Waals surface area contributed by atoms with Crippen molar-refractivity contribution in [2.24, 2.45) is 0 Å². The molecular formula is C16H22FN3. The standard InChI is InChI=1S/C16H22FN3/c1-4-20-16(8-12(2)19-20)11-15(18-3)10-13-6-5-7-14(17)9-13/h5-9,15,18H,4,10-11H2,1-3H3. The third-order valence-electron chi connectivity index (χ3n) is 3.52. The SMILES string of the molecule is CCn1nc(C)cc1CC(Cc1cccc(F)c1)NC. The van der Waals surface area contributed by atoms with Crippen LogP contribution in [-0.4, -0.2) is 22.9 Å². The second-order valence-corrected chi connectivity index (χ2v) is 5.12. The quantitative estimate of drug-likeness (QED) is 0.878. The van der Waals surface area contributed by atoms with Crippen LogP contribution in [0.4, 0.5) is 4.39 Å². The highest BCUT2D eigenvalue weighted by Crippen LogP contribution is 2.12. The monoisotopic (exact) mass is 275 g/mol. The van der Waals surface area contributed by atoms with E-state index in [1.165, 1.54) is 11.8 Å². The Bertz CT molecular complexity index is 563. The van der Waals surface area contributed by atoms with Crippen LogP contribution < -0.4 is 5.32 Å². The van der Waals surface area contributed by atoms with Crippen LogP contribution in [0.5, 0.6) is 0 Å². The first-order valence-electron chi connectivity index (χ1n) is 7.07. The molecule has 2 rings (SSSR count). The largest absolute Gasteiger partial charge is 0.316 e. The molecule has 0 fully saturated rings. The predicted molar refractivity (Wildman–Crippen MR) is 79.3 cm³/mol. The minimum absolute atomic E-state index is 0.174. The first-order valence-corrected chi connectivity index (χ1v) is 7.07. The molecule has 0 aliphatic heterocycles. The zero-order valence-corrected chi connectivity index (χ0v) is 12.4. The number of aromatic nitrogens is 2. The van der Waals surface area contributed by atoms with Gasteiger partial charge in [0, 0.05) is 24.7 Å². The van der Waals surface area contributed by atoms with E-state index in [0.29, 0.717) is 0 Å². The molecule has 20 heavy (non-hydrogen) atoms. The van der Waals surface area contributed by atoms with E-state index in [9.17, 15) is 4.39 Å². The second-order valence-electron chi connectivity index (χ2n) is 5.12. The average molecular weight is 275 g/mol. The van der Waals surface area contributed by atoms with Crippen molar-refractivity contribution in [2.75, 3.05) is 7.05 Å². The van der Waals surface area contributed by atoms with Crippen LogP contribution in [0.15, 0.2) is 30.3 Å². The molecule has 1 heterocycles. The van der Waals surface area contributed by atoms with Crippen molar-refractivity contribution in [3.8, 4) is 0 Å². The summed E-state index contributed by atoms with van der Waals surface area (Å²) in [6.07, 6.45) is 1.70. The number of likely N-dealkylation sites (N-methyl/N-ethyl adjacent to an activating group) is 1. The van der Waals surface area contributed by atoms with Crippen molar-refractivity contribution in [1.82, 2.24) is 15.1 Å². The molecule has 0 radical (unpaired) electrons. The molecule has 1 aromatic heterocycles. The van der Waals surface area contributed by atoms with Gasteiger partial charge in [0.2, 0.25) is 0 Å². The maximum Gasteiger partial charge on any atom is 0.123 e. The first-order chi connectivity index (χ1) is 9.62. The van der Waals surface area contributed by atoms with E-state index >= 15 is 0 Å². The van der Waals surface area contributed by atoms with Crippen molar-refractivity contribution in [3.05, 3.63) is 53.1 Å². The Morgan fingerprint density at radius 1 is 1.30 bits per heavy atom. The topological polar surface area (TPSA) is 29.9 Å². The Hall–Kier alpha value is -1.68. The van der Waals surface area contributed by atoms with E-state index in [1.807, 2.05) is 24.7 Å². The molecule has 0 saturated carbocycles. The lowest BCUT2D eigenvalue weighted by Gasteiger charge is -2.17. The van der Waals surface area contributed by atoms with Crippen LogP contribution in [0, 0.1) is 12.7 Å². The first kappa shape index (κ1) is 14.7. The van der Waals surface area contributed by atoms with E-state index in [0.717, 1.165) is 30.6 Å². The fourth-order valence-corrected chi connectivity index (χ4v) is 2.51. The van der Waals surface area contributed by atoms with Crippen LogP contribution in [0.2, 0.25) is 0 Å². The van der Waals surface area contributed by atoms with Gasteiger partial charge in [-0.2, -0.15) is 5.10 Å². The number of hydrogen-bond acceptors (Lipinski definition) is 2. The highest BCUT2D eigenvalue weighted by Gasteiger charge is 2.12. The summed E-state index contributed by atoms with van der Waals surface area (Å²) in [6, 6.07) is 9.21. The van der Waals surface area contributed by atoms with Gasteiger partial charge in [-0.15, -0.1) is 0 Å². The smallest absolute Gasteiger partial charge is 0.123 e. The summed E-state index contributed by atoms with van der Waals surface area (Å²) in [6.45, 7) is 4.98.